The molecule has 1 atom stereocenters. The molecule has 1 rings (SSSR count). The second kappa shape index (κ2) is 6.09. The monoisotopic (exact) mass is 313 g/mol. The molecule has 0 aliphatic carbocycles. The first-order chi connectivity index (χ1) is 9.42. The van der Waals surface area contributed by atoms with Crippen molar-refractivity contribution in [3.05, 3.63) is 10.6 Å². The van der Waals surface area contributed by atoms with Gasteiger partial charge in [0.1, 0.15) is 16.5 Å². The summed E-state index contributed by atoms with van der Waals surface area (Å²) in [5, 5.41) is 6.65. The number of aromatic nitrogens is 2. The van der Waals surface area contributed by atoms with Crippen molar-refractivity contribution in [1.29, 1.82) is 0 Å². The van der Waals surface area contributed by atoms with E-state index in [9.17, 15) is 9.59 Å². The first-order valence-electron chi connectivity index (χ1n) is 6.78. The predicted octanol–water partition coefficient (Wildman–Crippen LogP) is 2.30. The van der Waals surface area contributed by atoms with E-state index in [1.165, 1.54) is 0 Å². The zero-order valence-corrected chi connectivity index (χ0v) is 14.4. The molecule has 1 aromatic rings. The molecule has 7 heteroatoms. The zero-order chi connectivity index (χ0) is 16.4. The SMILES string of the molecule is C[C@@H](NC(=O)c1snnc1C(C)(C)C)C(=O)OC(C)(C)C. The number of rotatable bonds is 3. The first-order valence-corrected chi connectivity index (χ1v) is 7.55. The van der Waals surface area contributed by atoms with E-state index >= 15 is 0 Å². The van der Waals surface area contributed by atoms with Crippen LogP contribution in [0.25, 0.3) is 0 Å². The first kappa shape index (κ1) is 17.6. The molecular weight excluding hydrogens is 290 g/mol. The van der Waals surface area contributed by atoms with Crippen LogP contribution in [-0.2, 0) is 14.9 Å². The summed E-state index contributed by atoms with van der Waals surface area (Å²) < 4.78 is 9.07. The Balaban J connectivity index is 2.79. The van der Waals surface area contributed by atoms with Crippen molar-refractivity contribution in [3.63, 3.8) is 0 Å². The van der Waals surface area contributed by atoms with Crippen molar-refractivity contribution < 1.29 is 14.3 Å². The Morgan fingerprint density at radius 2 is 1.76 bits per heavy atom. The fourth-order valence-corrected chi connectivity index (χ4v) is 2.32. The van der Waals surface area contributed by atoms with Crippen LogP contribution in [0, 0.1) is 0 Å². The number of carbonyl (C=O) groups is 2. The molecule has 21 heavy (non-hydrogen) atoms. The Morgan fingerprint density at radius 1 is 1.19 bits per heavy atom. The summed E-state index contributed by atoms with van der Waals surface area (Å²) in [6, 6.07) is -0.730. The maximum Gasteiger partial charge on any atom is 0.328 e. The molecule has 0 spiro atoms. The number of hydrogen-bond acceptors (Lipinski definition) is 6. The summed E-state index contributed by atoms with van der Waals surface area (Å²) >= 11 is 1.03. The molecule has 0 radical (unpaired) electrons. The van der Waals surface area contributed by atoms with Crippen LogP contribution in [0.2, 0.25) is 0 Å². The standard InChI is InChI=1S/C14H23N3O3S/c1-8(12(19)20-14(5,6)7)15-11(18)9-10(13(2,3)4)16-17-21-9/h8H,1-7H3,(H,15,18)/t8-/m1/s1. The summed E-state index contributed by atoms with van der Waals surface area (Å²) in [5.41, 5.74) is -0.241. The molecule has 0 saturated carbocycles. The highest BCUT2D eigenvalue weighted by Gasteiger charge is 2.29. The highest BCUT2D eigenvalue weighted by molar-refractivity contribution is 7.08. The Labute approximate surface area is 129 Å². The average Bonchev–Trinajstić information content (AvgIpc) is 2.74. The van der Waals surface area contributed by atoms with Crippen molar-refractivity contribution >= 4 is 23.4 Å². The Hall–Kier alpha value is -1.50. The molecule has 0 saturated heterocycles. The van der Waals surface area contributed by atoms with E-state index in [-0.39, 0.29) is 11.3 Å². The van der Waals surface area contributed by atoms with E-state index in [0.717, 1.165) is 11.5 Å². The van der Waals surface area contributed by atoms with Gasteiger partial charge in [0, 0.05) is 5.41 Å². The minimum Gasteiger partial charge on any atom is -0.458 e. The van der Waals surface area contributed by atoms with E-state index in [1.54, 1.807) is 27.7 Å². The van der Waals surface area contributed by atoms with Gasteiger partial charge in [-0.15, -0.1) is 5.10 Å². The predicted molar refractivity (Wildman–Crippen MR) is 81.4 cm³/mol. The molecule has 0 aromatic carbocycles. The van der Waals surface area contributed by atoms with Gasteiger partial charge in [0.25, 0.3) is 5.91 Å². The molecule has 1 heterocycles. The number of esters is 1. The third kappa shape index (κ3) is 5.08. The lowest BCUT2D eigenvalue weighted by molar-refractivity contribution is -0.156. The molecule has 6 nitrogen and oxygen atoms in total. The molecule has 1 amide bonds. The lowest BCUT2D eigenvalue weighted by Gasteiger charge is -2.23. The van der Waals surface area contributed by atoms with E-state index in [0.29, 0.717) is 10.6 Å². The minimum absolute atomic E-state index is 0.283. The smallest absolute Gasteiger partial charge is 0.328 e. The third-order valence-electron chi connectivity index (χ3n) is 2.51. The van der Waals surface area contributed by atoms with Crippen LogP contribution < -0.4 is 5.32 Å². The van der Waals surface area contributed by atoms with Crippen LogP contribution in [0.3, 0.4) is 0 Å². The van der Waals surface area contributed by atoms with Gasteiger partial charge in [0.15, 0.2) is 0 Å². The Kier molecular flexibility index (Phi) is 5.09. The number of nitrogens with one attached hydrogen (secondary N) is 1. The fraction of sp³-hybridized carbons (Fsp3) is 0.714. The highest BCUT2D eigenvalue weighted by atomic mass is 32.1. The summed E-state index contributed by atoms with van der Waals surface area (Å²) in [5.74, 6) is -0.820. The van der Waals surface area contributed by atoms with E-state index in [4.69, 9.17) is 4.74 Å². The number of carbonyl (C=O) groups excluding carboxylic acids is 2. The maximum atomic E-state index is 12.3. The summed E-state index contributed by atoms with van der Waals surface area (Å²) in [7, 11) is 0. The van der Waals surface area contributed by atoms with Gasteiger partial charge in [0.2, 0.25) is 0 Å². The minimum atomic E-state index is -0.730. The van der Waals surface area contributed by atoms with Gasteiger partial charge in [0.05, 0.1) is 5.69 Å². The third-order valence-corrected chi connectivity index (χ3v) is 3.24. The normalized spacial score (nSPS) is 13.7. The van der Waals surface area contributed by atoms with Crippen LogP contribution in [0.5, 0.6) is 0 Å². The van der Waals surface area contributed by atoms with E-state index in [2.05, 4.69) is 14.9 Å². The Bertz CT molecular complexity index is 526. The fourth-order valence-electron chi connectivity index (χ4n) is 1.54. The average molecular weight is 313 g/mol. The molecule has 0 aliphatic heterocycles. The number of amides is 1. The Morgan fingerprint density at radius 3 is 2.24 bits per heavy atom. The second-order valence-electron chi connectivity index (χ2n) is 6.93. The van der Waals surface area contributed by atoms with Crippen LogP contribution in [0.4, 0.5) is 0 Å². The lowest BCUT2D eigenvalue weighted by Crippen LogP contribution is -2.42. The van der Waals surface area contributed by atoms with Gasteiger partial charge in [-0.3, -0.25) is 4.79 Å². The number of hydrogen-bond donors (Lipinski definition) is 1. The molecular formula is C14H23N3O3S. The molecule has 0 fully saturated rings. The van der Waals surface area contributed by atoms with Crippen molar-refractivity contribution in [1.82, 2.24) is 14.9 Å². The lowest BCUT2D eigenvalue weighted by atomic mass is 9.91. The van der Waals surface area contributed by atoms with Crippen LogP contribution in [0.1, 0.15) is 63.8 Å². The maximum absolute atomic E-state index is 12.3. The van der Waals surface area contributed by atoms with Gasteiger partial charge in [-0.2, -0.15) is 0 Å². The van der Waals surface area contributed by atoms with Gasteiger partial charge in [-0.05, 0) is 39.2 Å². The van der Waals surface area contributed by atoms with Crippen molar-refractivity contribution in [3.8, 4) is 0 Å². The molecule has 118 valence electrons. The molecule has 1 N–H and O–H groups in total. The number of ether oxygens (including phenoxy) is 1. The van der Waals surface area contributed by atoms with Gasteiger partial charge >= 0.3 is 5.97 Å². The zero-order valence-electron chi connectivity index (χ0n) is 13.6. The highest BCUT2D eigenvalue weighted by Crippen LogP contribution is 2.25. The summed E-state index contributed by atoms with van der Waals surface area (Å²) in [6.45, 7) is 12.8. The largest absolute Gasteiger partial charge is 0.458 e. The van der Waals surface area contributed by atoms with Crippen LogP contribution in [0.15, 0.2) is 0 Å². The quantitative estimate of drug-likeness (QED) is 0.866. The van der Waals surface area contributed by atoms with Gasteiger partial charge in [-0.1, -0.05) is 25.3 Å². The van der Waals surface area contributed by atoms with Gasteiger partial charge in [-0.25, -0.2) is 4.79 Å². The molecule has 1 aromatic heterocycles. The van der Waals surface area contributed by atoms with Crippen molar-refractivity contribution in [2.75, 3.05) is 0 Å². The van der Waals surface area contributed by atoms with E-state index in [1.807, 2.05) is 20.8 Å². The second-order valence-corrected chi connectivity index (χ2v) is 7.68. The summed E-state index contributed by atoms with van der Waals surface area (Å²) in [4.78, 5) is 24.6. The van der Waals surface area contributed by atoms with Crippen LogP contribution in [-0.4, -0.2) is 33.1 Å². The van der Waals surface area contributed by atoms with Crippen LogP contribution >= 0.6 is 11.5 Å². The topological polar surface area (TPSA) is 81.2 Å². The van der Waals surface area contributed by atoms with Gasteiger partial charge < -0.3 is 10.1 Å². The molecule has 0 bridgehead atoms. The molecule has 0 unspecified atom stereocenters. The number of nitrogens with zero attached hydrogens (tertiary/aromatic N) is 2. The summed E-state index contributed by atoms with van der Waals surface area (Å²) in [6.07, 6.45) is 0. The van der Waals surface area contributed by atoms with E-state index < -0.39 is 17.6 Å². The van der Waals surface area contributed by atoms with Crippen molar-refractivity contribution in [2.45, 2.75) is 65.5 Å². The molecule has 0 aliphatic rings. The van der Waals surface area contributed by atoms with Crippen molar-refractivity contribution in [2.24, 2.45) is 0 Å².